The molecule has 0 saturated heterocycles. The molecule has 2 aromatic rings. The van der Waals surface area contributed by atoms with Gasteiger partial charge in [-0.1, -0.05) is 55.3 Å². The molecule has 0 amide bonds. The molecule has 3 heteroatoms. The van der Waals surface area contributed by atoms with Crippen LogP contribution in [0.15, 0.2) is 59.3 Å². The molecule has 0 aliphatic rings. The Labute approximate surface area is 117 Å². The molecular weight excluding hydrogens is 254 g/mol. The number of rotatable bonds is 4. The highest BCUT2D eigenvalue weighted by Crippen LogP contribution is 2.41. The second-order valence-electron chi connectivity index (χ2n) is 3.96. The number of nitrogens with two attached hydrogens (primary N) is 1. The van der Waals surface area contributed by atoms with Gasteiger partial charge < -0.3 is 10.8 Å². The second-order valence-corrected chi connectivity index (χ2v) is 5.08. The van der Waals surface area contributed by atoms with Gasteiger partial charge in [0.05, 0.1) is 4.90 Å². The van der Waals surface area contributed by atoms with E-state index in [0.717, 1.165) is 4.90 Å². The van der Waals surface area contributed by atoms with Crippen molar-refractivity contribution in [2.45, 2.75) is 9.79 Å². The molecule has 0 unspecified atom stereocenters. The van der Waals surface area contributed by atoms with Crippen molar-refractivity contribution in [2.24, 2.45) is 0 Å². The number of hydrogen-bond donors (Lipinski definition) is 2. The zero-order valence-electron chi connectivity index (χ0n) is 10.5. The fraction of sp³-hybridized carbons (Fsp3) is 0. The fourth-order valence-corrected chi connectivity index (χ4v) is 2.77. The highest BCUT2D eigenvalue weighted by Gasteiger charge is 2.13. The third-order valence-electron chi connectivity index (χ3n) is 2.76. The first-order valence-electron chi connectivity index (χ1n) is 5.80. The van der Waals surface area contributed by atoms with Crippen LogP contribution in [0.5, 0.6) is 5.75 Å². The zero-order valence-corrected chi connectivity index (χ0v) is 11.3. The quantitative estimate of drug-likeness (QED) is 0.638. The largest absolute Gasteiger partial charge is 0.506 e. The molecule has 0 aromatic heterocycles. The van der Waals surface area contributed by atoms with Gasteiger partial charge in [0.2, 0.25) is 0 Å². The molecule has 2 rings (SSSR count). The predicted molar refractivity (Wildman–Crippen MR) is 83.3 cm³/mol. The van der Waals surface area contributed by atoms with Crippen LogP contribution in [-0.4, -0.2) is 5.11 Å². The average molecular weight is 269 g/mol. The molecule has 0 saturated carbocycles. The summed E-state index contributed by atoms with van der Waals surface area (Å²) in [5, 5.41) is 10.3. The lowest BCUT2D eigenvalue weighted by Gasteiger charge is -2.12. The van der Waals surface area contributed by atoms with Crippen LogP contribution in [0.2, 0.25) is 0 Å². The Hall–Kier alpha value is -2.13. The van der Waals surface area contributed by atoms with Crippen molar-refractivity contribution in [1.82, 2.24) is 0 Å². The standard InChI is InChI=1S/C16H15NOS/c1-3-12-13(4-2)16(18)15(10-14(12)17)19-11-8-6-5-7-9-11/h3-10,18H,1-2,17H2. The van der Waals surface area contributed by atoms with Crippen LogP contribution in [0, 0.1) is 0 Å². The van der Waals surface area contributed by atoms with Crippen LogP contribution in [0.4, 0.5) is 5.69 Å². The smallest absolute Gasteiger partial charge is 0.137 e. The van der Waals surface area contributed by atoms with Crippen LogP contribution in [0.25, 0.3) is 12.2 Å². The fourth-order valence-electron chi connectivity index (χ4n) is 1.83. The van der Waals surface area contributed by atoms with E-state index in [9.17, 15) is 5.11 Å². The van der Waals surface area contributed by atoms with E-state index in [4.69, 9.17) is 5.73 Å². The maximum Gasteiger partial charge on any atom is 0.137 e. The zero-order chi connectivity index (χ0) is 13.8. The van der Waals surface area contributed by atoms with Gasteiger partial charge in [-0.2, -0.15) is 0 Å². The van der Waals surface area contributed by atoms with Crippen LogP contribution in [-0.2, 0) is 0 Å². The lowest BCUT2D eigenvalue weighted by molar-refractivity contribution is 0.461. The van der Waals surface area contributed by atoms with Crippen molar-refractivity contribution in [3.63, 3.8) is 0 Å². The van der Waals surface area contributed by atoms with E-state index in [1.54, 1.807) is 18.2 Å². The van der Waals surface area contributed by atoms with Crippen molar-refractivity contribution < 1.29 is 5.11 Å². The van der Waals surface area contributed by atoms with Gasteiger partial charge in [0.25, 0.3) is 0 Å². The summed E-state index contributed by atoms with van der Waals surface area (Å²) in [5.41, 5.74) is 7.90. The van der Waals surface area contributed by atoms with Crippen LogP contribution in [0.3, 0.4) is 0 Å². The minimum atomic E-state index is 0.188. The molecule has 19 heavy (non-hydrogen) atoms. The van der Waals surface area contributed by atoms with Crippen LogP contribution >= 0.6 is 11.8 Å². The summed E-state index contributed by atoms with van der Waals surface area (Å²) in [7, 11) is 0. The first-order valence-corrected chi connectivity index (χ1v) is 6.62. The number of hydrogen-bond acceptors (Lipinski definition) is 3. The summed E-state index contributed by atoms with van der Waals surface area (Å²) >= 11 is 1.47. The molecule has 0 aliphatic heterocycles. The Morgan fingerprint density at radius 3 is 2.26 bits per heavy atom. The molecule has 3 N–H and O–H groups in total. The number of phenolic OH excluding ortho intramolecular Hbond substituents is 1. The Morgan fingerprint density at radius 2 is 1.68 bits per heavy atom. The number of anilines is 1. The molecule has 0 spiro atoms. The number of nitrogen functional groups attached to an aromatic ring is 1. The Morgan fingerprint density at radius 1 is 1.05 bits per heavy atom. The molecule has 0 fully saturated rings. The summed E-state index contributed by atoms with van der Waals surface area (Å²) in [4.78, 5) is 1.75. The monoisotopic (exact) mass is 269 g/mol. The van der Waals surface area contributed by atoms with Gasteiger partial charge in [-0.25, -0.2) is 0 Å². The van der Waals surface area contributed by atoms with Gasteiger partial charge in [0, 0.05) is 21.7 Å². The maximum absolute atomic E-state index is 10.3. The van der Waals surface area contributed by atoms with Crippen molar-refractivity contribution in [2.75, 3.05) is 5.73 Å². The van der Waals surface area contributed by atoms with E-state index in [0.29, 0.717) is 21.7 Å². The SMILES string of the molecule is C=Cc1c(N)cc(Sc2ccccc2)c(O)c1C=C. The van der Waals surface area contributed by atoms with Gasteiger partial charge in [-0.05, 0) is 18.2 Å². The first kappa shape index (κ1) is 13.3. The van der Waals surface area contributed by atoms with E-state index in [-0.39, 0.29) is 5.75 Å². The highest BCUT2D eigenvalue weighted by atomic mass is 32.2. The first-order chi connectivity index (χ1) is 9.17. The average Bonchev–Trinajstić information content (AvgIpc) is 2.43. The molecule has 0 heterocycles. The molecule has 0 radical (unpaired) electrons. The van der Waals surface area contributed by atoms with Crippen LogP contribution < -0.4 is 5.73 Å². The van der Waals surface area contributed by atoms with E-state index in [2.05, 4.69) is 13.2 Å². The van der Waals surface area contributed by atoms with Crippen LogP contribution in [0.1, 0.15) is 11.1 Å². The van der Waals surface area contributed by atoms with Gasteiger partial charge in [0.15, 0.2) is 0 Å². The summed E-state index contributed by atoms with van der Waals surface area (Å²) in [6, 6.07) is 11.6. The van der Waals surface area contributed by atoms with E-state index >= 15 is 0 Å². The summed E-state index contributed by atoms with van der Waals surface area (Å²) in [6.45, 7) is 7.43. The Balaban J connectivity index is 2.50. The number of phenols is 1. The summed E-state index contributed by atoms with van der Waals surface area (Å²) in [5.74, 6) is 0.188. The normalized spacial score (nSPS) is 10.1. The minimum absolute atomic E-state index is 0.188. The predicted octanol–water partition coefficient (Wildman–Crippen LogP) is 4.41. The van der Waals surface area contributed by atoms with Gasteiger partial charge >= 0.3 is 0 Å². The Bertz CT molecular complexity index is 620. The van der Waals surface area contributed by atoms with Crippen molar-refractivity contribution in [3.8, 4) is 5.75 Å². The highest BCUT2D eigenvalue weighted by molar-refractivity contribution is 7.99. The van der Waals surface area contributed by atoms with E-state index in [1.807, 2.05) is 30.3 Å². The van der Waals surface area contributed by atoms with E-state index in [1.165, 1.54) is 11.8 Å². The lowest BCUT2D eigenvalue weighted by Crippen LogP contribution is -1.94. The molecule has 96 valence electrons. The molecule has 0 aliphatic carbocycles. The topological polar surface area (TPSA) is 46.2 Å². The molecular formula is C16H15NOS. The number of aromatic hydroxyl groups is 1. The van der Waals surface area contributed by atoms with Crippen molar-refractivity contribution >= 4 is 29.6 Å². The number of benzene rings is 2. The molecule has 2 aromatic carbocycles. The third kappa shape index (κ3) is 2.66. The van der Waals surface area contributed by atoms with Crippen molar-refractivity contribution in [3.05, 3.63) is 60.7 Å². The molecule has 0 atom stereocenters. The summed E-state index contributed by atoms with van der Waals surface area (Å²) in [6.07, 6.45) is 3.22. The third-order valence-corrected chi connectivity index (χ3v) is 3.79. The lowest BCUT2D eigenvalue weighted by atomic mass is 10.0. The minimum Gasteiger partial charge on any atom is -0.506 e. The maximum atomic E-state index is 10.3. The van der Waals surface area contributed by atoms with Gasteiger partial charge in [-0.15, -0.1) is 0 Å². The summed E-state index contributed by atoms with van der Waals surface area (Å²) < 4.78 is 0. The van der Waals surface area contributed by atoms with Crippen molar-refractivity contribution in [1.29, 1.82) is 0 Å². The molecule has 0 bridgehead atoms. The second kappa shape index (κ2) is 5.67. The Kier molecular flexibility index (Phi) is 3.97. The van der Waals surface area contributed by atoms with E-state index < -0.39 is 0 Å². The van der Waals surface area contributed by atoms with Gasteiger partial charge in [-0.3, -0.25) is 0 Å². The molecule has 2 nitrogen and oxygen atoms in total. The van der Waals surface area contributed by atoms with Gasteiger partial charge in [0.1, 0.15) is 5.75 Å².